The SMILES string of the molecule is c1ccc2c(-c3c4ccccc4c(-c4cccc5ccccc45)c4cc(-c5ccc6c(-c7cccc8ccccc78)c7ccccc7c(-c7cccc8ccccc78)c6c5)ccc34)cccc2c1. The minimum absolute atomic E-state index is 1.18. The van der Waals surface area contributed by atoms with Crippen LogP contribution >= 0.6 is 0 Å². The molecule has 0 aliphatic carbocycles. The van der Waals surface area contributed by atoms with Gasteiger partial charge in [0.25, 0.3) is 0 Å². The zero-order valence-corrected chi connectivity index (χ0v) is 37.2. The molecule has 0 bridgehead atoms. The van der Waals surface area contributed by atoms with E-state index in [9.17, 15) is 0 Å². The second-order valence-corrected chi connectivity index (χ2v) is 18.2. The molecule has 0 aromatic heterocycles. The van der Waals surface area contributed by atoms with Crippen molar-refractivity contribution in [1.29, 1.82) is 0 Å². The zero-order valence-electron chi connectivity index (χ0n) is 37.2. The van der Waals surface area contributed by atoms with E-state index in [1.807, 2.05) is 0 Å². The predicted octanol–water partition coefficient (Wildman–Crippen LogP) is 19.2. The lowest BCUT2D eigenvalue weighted by molar-refractivity contribution is 1.65. The van der Waals surface area contributed by atoms with Gasteiger partial charge in [0.2, 0.25) is 0 Å². The molecule has 68 heavy (non-hydrogen) atoms. The van der Waals surface area contributed by atoms with Crippen LogP contribution in [0.2, 0.25) is 0 Å². The molecule has 0 saturated carbocycles. The highest BCUT2D eigenvalue weighted by atomic mass is 14.3. The van der Waals surface area contributed by atoms with Gasteiger partial charge in [-0.1, -0.05) is 243 Å². The van der Waals surface area contributed by atoms with E-state index in [0.717, 1.165) is 0 Å². The molecule has 0 unspecified atom stereocenters. The van der Waals surface area contributed by atoms with E-state index in [2.05, 4.69) is 255 Å². The van der Waals surface area contributed by atoms with Gasteiger partial charge in [0.1, 0.15) is 0 Å². The third-order valence-corrected chi connectivity index (χ3v) is 14.6. The molecule has 0 radical (unpaired) electrons. The maximum atomic E-state index is 2.49. The highest BCUT2D eigenvalue weighted by Crippen LogP contribution is 2.50. The van der Waals surface area contributed by atoms with Crippen molar-refractivity contribution in [3.8, 4) is 55.6 Å². The fourth-order valence-electron chi connectivity index (χ4n) is 11.7. The minimum atomic E-state index is 1.18. The summed E-state index contributed by atoms with van der Waals surface area (Å²) in [6, 6.07) is 95.0. The second kappa shape index (κ2) is 15.4. The smallest absolute Gasteiger partial charge is 0.00199 e. The van der Waals surface area contributed by atoms with Crippen LogP contribution in [-0.2, 0) is 0 Å². The van der Waals surface area contributed by atoms with Crippen molar-refractivity contribution in [2.24, 2.45) is 0 Å². The van der Waals surface area contributed by atoms with Crippen molar-refractivity contribution in [3.63, 3.8) is 0 Å². The van der Waals surface area contributed by atoms with Crippen molar-refractivity contribution >= 4 is 86.2 Å². The molecule has 0 N–H and O–H groups in total. The third kappa shape index (κ3) is 5.88. The van der Waals surface area contributed by atoms with Crippen LogP contribution in [0.1, 0.15) is 0 Å². The summed E-state index contributed by atoms with van der Waals surface area (Å²) in [4.78, 5) is 0. The van der Waals surface area contributed by atoms with E-state index >= 15 is 0 Å². The minimum Gasteiger partial charge on any atom is -0.0616 e. The average molecular weight is 859 g/mol. The Kier molecular flexibility index (Phi) is 8.69. The number of hydrogen-bond donors (Lipinski definition) is 0. The Morgan fingerprint density at radius 1 is 0.147 bits per heavy atom. The molecule has 0 saturated heterocycles. The van der Waals surface area contributed by atoms with Crippen LogP contribution in [0.25, 0.3) is 142 Å². The Labute approximate surface area is 394 Å². The summed E-state index contributed by atoms with van der Waals surface area (Å²) >= 11 is 0. The molecule has 14 aromatic carbocycles. The third-order valence-electron chi connectivity index (χ3n) is 14.6. The van der Waals surface area contributed by atoms with E-state index in [1.54, 1.807) is 0 Å². The van der Waals surface area contributed by atoms with Crippen LogP contribution in [0.3, 0.4) is 0 Å². The molecule has 0 heterocycles. The molecule has 314 valence electrons. The summed E-state index contributed by atoms with van der Waals surface area (Å²) in [6.45, 7) is 0. The van der Waals surface area contributed by atoms with Crippen LogP contribution in [0.15, 0.2) is 255 Å². The van der Waals surface area contributed by atoms with Gasteiger partial charge in [0.05, 0.1) is 0 Å². The van der Waals surface area contributed by atoms with Crippen molar-refractivity contribution in [1.82, 2.24) is 0 Å². The topological polar surface area (TPSA) is 0 Å². The van der Waals surface area contributed by atoms with Gasteiger partial charge in [-0.05, 0) is 154 Å². The van der Waals surface area contributed by atoms with Gasteiger partial charge in [0.15, 0.2) is 0 Å². The summed E-state index contributed by atoms with van der Waals surface area (Å²) in [6.07, 6.45) is 0. The predicted molar refractivity (Wildman–Crippen MR) is 294 cm³/mol. The van der Waals surface area contributed by atoms with Gasteiger partial charge in [-0.25, -0.2) is 0 Å². The van der Waals surface area contributed by atoms with E-state index in [0.29, 0.717) is 0 Å². The normalized spacial score (nSPS) is 11.8. The van der Waals surface area contributed by atoms with Crippen LogP contribution in [0.5, 0.6) is 0 Å². The van der Waals surface area contributed by atoms with Crippen molar-refractivity contribution in [2.75, 3.05) is 0 Å². The van der Waals surface area contributed by atoms with Crippen LogP contribution in [0.4, 0.5) is 0 Å². The monoisotopic (exact) mass is 858 g/mol. The summed E-state index contributed by atoms with van der Waals surface area (Å²) in [5.74, 6) is 0. The molecule has 0 spiro atoms. The Bertz CT molecular complexity index is 4070. The first-order chi connectivity index (χ1) is 33.8. The lowest BCUT2D eigenvalue weighted by Gasteiger charge is -2.21. The van der Waals surface area contributed by atoms with Crippen molar-refractivity contribution < 1.29 is 0 Å². The molecule has 0 fully saturated rings. The Balaban J connectivity index is 1.11. The average Bonchev–Trinajstić information content (AvgIpc) is 3.41. The second-order valence-electron chi connectivity index (χ2n) is 18.2. The number of hydrogen-bond acceptors (Lipinski definition) is 0. The molecule has 14 aromatic rings. The Hall–Kier alpha value is -8.84. The van der Waals surface area contributed by atoms with Gasteiger partial charge in [0, 0.05) is 0 Å². The van der Waals surface area contributed by atoms with Gasteiger partial charge < -0.3 is 0 Å². The Morgan fingerprint density at radius 2 is 0.368 bits per heavy atom. The fourth-order valence-corrected chi connectivity index (χ4v) is 11.7. The molecule has 0 aliphatic rings. The summed E-state index contributed by atoms with van der Waals surface area (Å²) in [5.41, 5.74) is 12.4. The number of benzene rings is 14. The highest BCUT2D eigenvalue weighted by Gasteiger charge is 2.23. The maximum absolute atomic E-state index is 2.49. The van der Waals surface area contributed by atoms with Crippen LogP contribution < -0.4 is 0 Å². The van der Waals surface area contributed by atoms with Gasteiger partial charge in [-0.15, -0.1) is 0 Å². The van der Waals surface area contributed by atoms with E-state index in [-0.39, 0.29) is 0 Å². The molecular formula is C68H42. The Morgan fingerprint density at radius 3 is 0.662 bits per heavy atom. The van der Waals surface area contributed by atoms with Gasteiger partial charge >= 0.3 is 0 Å². The molecule has 14 rings (SSSR count). The first kappa shape index (κ1) is 38.4. The van der Waals surface area contributed by atoms with Gasteiger partial charge in [-0.3, -0.25) is 0 Å². The lowest BCUT2D eigenvalue weighted by atomic mass is 9.81. The molecule has 0 amide bonds. The fraction of sp³-hybridized carbons (Fsp3) is 0. The van der Waals surface area contributed by atoms with E-state index in [1.165, 1.54) is 142 Å². The summed E-state index contributed by atoms with van der Waals surface area (Å²) in [7, 11) is 0. The standard InChI is InChI=1S/C68H42/c1-5-25-49-43(17-1)21-13-33-53(49)65-57-29-9-11-31-59(57)67(55-35-15-23-45-19-3-7-27-51(45)55)63-41-47(37-39-61(63)65)48-38-40-62-64(42-48)68(56-36-16-24-46-20-4-8-28-52(46)56)60-32-12-10-30-58(60)66(62)54-34-14-22-44-18-2-6-26-50(44)54/h1-42H. The lowest BCUT2D eigenvalue weighted by Crippen LogP contribution is -1.94. The molecule has 0 aliphatic heterocycles. The molecule has 0 atom stereocenters. The maximum Gasteiger partial charge on any atom is -0.00199 e. The molecule has 0 heteroatoms. The van der Waals surface area contributed by atoms with E-state index in [4.69, 9.17) is 0 Å². The first-order valence-corrected chi connectivity index (χ1v) is 23.7. The molecular weight excluding hydrogens is 817 g/mol. The number of fused-ring (bicyclic) bond motifs is 8. The van der Waals surface area contributed by atoms with Crippen LogP contribution in [0, 0.1) is 0 Å². The largest absolute Gasteiger partial charge is 0.0616 e. The van der Waals surface area contributed by atoms with Crippen molar-refractivity contribution in [2.45, 2.75) is 0 Å². The first-order valence-electron chi connectivity index (χ1n) is 23.7. The summed E-state index contributed by atoms with van der Waals surface area (Å²) < 4.78 is 0. The zero-order chi connectivity index (χ0) is 44.7. The van der Waals surface area contributed by atoms with E-state index < -0.39 is 0 Å². The summed E-state index contributed by atoms with van der Waals surface area (Å²) in [5, 5.41) is 20.0. The number of rotatable bonds is 5. The van der Waals surface area contributed by atoms with Gasteiger partial charge in [-0.2, -0.15) is 0 Å². The van der Waals surface area contributed by atoms with Crippen molar-refractivity contribution in [3.05, 3.63) is 255 Å². The molecule has 0 nitrogen and oxygen atoms in total. The van der Waals surface area contributed by atoms with Crippen LogP contribution in [-0.4, -0.2) is 0 Å². The highest BCUT2D eigenvalue weighted by molar-refractivity contribution is 6.28. The quantitative estimate of drug-likeness (QED) is 0.151.